The minimum absolute atomic E-state index is 0.579. The molecule has 0 atom stereocenters. The summed E-state index contributed by atoms with van der Waals surface area (Å²) in [6.45, 7) is 0. The van der Waals surface area contributed by atoms with Crippen LogP contribution in [0.5, 0.6) is 0 Å². The average molecular weight is 340 g/mol. The zero-order valence-electron chi connectivity index (χ0n) is 9.46. The van der Waals surface area contributed by atoms with E-state index >= 15 is 0 Å². The van der Waals surface area contributed by atoms with Gasteiger partial charge >= 0.3 is 0 Å². The van der Waals surface area contributed by atoms with E-state index in [1.807, 2.05) is 0 Å². The van der Waals surface area contributed by atoms with Crippen molar-refractivity contribution in [3.05, 3.63) is 0 Å². The van der Waals surface area contributed by atoms with Crippen LogP contribution in [0.15, 0.2) is 0 Å². The van der Waals surface area contributed by atoms with Crippen molar-refractivity contribution >= 4 is 26.8 Å². The van der Waals surface area contributed by atoms with Crippen molar-refractivity contribution in [2.24, 2.45) is 0 Å². The summed E-state index contributed by atoms with van der Waals surface area (Å²) in [6, 6.07) is 0. The molecule has 0 bridgehead atoms. The van der Waals surface area contributed by atoms with Crippen molar-refractivity contribution in [1.82, 2.24) is 0 Å². The molecule has 88 valence electrons. The van der Waals surface area contributed by atoms with Gasteiger partial charge in [0.25, 0.3) is 0 Å². The molecule has 0 heterocycles. The van der Waals surface area contributed by atoms with Crippen LogP contribution < -0.4 is 0 Å². The first-order valence-corrected chi connectivity index (χ1v) is 11.1. The summed E-state index contributed by atoms with van der Waals surface area (Å²) >= 11 is 2.37. The minimum Gasteiger partial charge on any atom is -0.312 e. The van der Waals surface area contributed by atoms with Crippen molar-refractivity contribution in [2.75, 3.05) is 0 Å². The lowest BCUT2D eigenvalue weighted by Crippen LogP contribution is -2.20. The molecule has 1 nitrogen and oxygen atoms in total. The van der Waals surface area contributed by atoms with E-state index in [1.165, 1.54) is 64.2 Å². The highest BCUT2D eigenvalue weighted by atomic mass is 127. The van der Waals surface area contributed by atoms with Crippen LogP contribution >= 0.6 is 26.8 Å². The van der Waals surface area contributed by atoms with E-state index in [2.05, 4.69) is 22.0 Å². The molecule has 3 heteroatoms. The maximum absolute atomic E-state index is 12.9. The van der Waals surface area contributed by atoms with Gasteiger partial charge in [0.1, 0.15) is 4.78 Å². The smallest absolute Gasteiger partial charge is 0.149 e. The van der Waals surface area contributed by atoms with Gasteiger partial charge in [0.2, 0.25) is 0 Å². The quantitative estimate of drug-likeness (QED) is 0.488. The molecule has 0 saturated heterocycles. The molecular weight excluding hydrogens is 318 g/mol. The van der Waals surface area contributed by atoms with E-state index in [0.29, 0.717) is 11.3 Å². The molecule has 0 aromatic rings. The summed E-state index contributed by atoms with van der Waals surface area (Å²) in [7, 11) is 0. The minimum atomic E-state index is -1.87. The van der Waals surface area contributed by atoms with Crippen molar-refractivity contribution < 1.29 is 4.57 Å². The molecule has 0 aromatic heterocycles. The van der Waals surface area contributed by atoms with Crippen molar-refractivity contribution in [3.63, 3.8) is 0 Å². The summed E-state index contributed by atoms with van der Waals surface area (Å²) in [5, 5.41) is 0. The van der Waals surface area contributed by atoms with E-state index in [1.54, 1.807) is 0 Å². The molecule has 2 fully saturated rings. The molecule has 0 amide bonds. The summed E-state index contributed by atoms with van der Waals surface area (Å²) in [6.07, 6.45) is 13.0. The van der Waals surface area contributed by atoms with E-state index in [-0.39, 0.29) is 0 Å². The van der Waals surface area contributed by atoms with Gasteiger partial charge in [0, 0.05) is 11.3 Å². The predicted molar refractivity (Wildman–Crippen MR) is 75.4 cm³/mol. The van der Waals surface area contributed by atoms with E-state index in [4.69, 9.17) is 0 Å². The second-order valence-electron chi connectivity index (χ2n) is 5.21. The summed E-state index contributed by atoms with van der Waals surface area (Å²) in [5.41, 5.74) is 1.16. The molecule has 15 heavy (non-hydrogen) atoms. The first kappa shape index (κ1) is 12.4. The van der Waals surface area contributed by atoms with Gasteiger partial charge < -0.3 is 4.57 Å². The Balaban J connectivity index is 1.99. The Bertz CT molecular complexity index is 220. The van der Waals surface area contributed by atoms with Gasteiger partial charge in [-0.15, -0.1) is 0 Å². The van der Waals surface area contributed by atoms with Gasteiger partial charge in [0.05, 0.1) is 0 Å². The Morgan fingerprint density at radius 3 is 1.40 bits per heavy atom. The van der Waals surface area contributed by atoms with Crippen molar-refractivity contribution in [1.29, 1.82) is 0 Å². The Hall–Kier alpha value is 0.960. The maximum Gasteiger partial charge on any atom is 0.149 e. The first-order valence-electron chi connectivity index (χ1n) is 6.50. The summed E-state index contributed by atoms with van der Waals surface area (Å²) in [4.78, 5) is -1.87. The number of hydrogen-bond acceptors (Lipinski definition) is 1. The molecular formula is C12H22IOP. The van der Waals surface area contributed by atoms with Gasteiger partial charge in [-0.2, -0.15) is 0 Å². The zero-order valence-corrected chi connectivity index (χ0v) is 12.5. The molecule has 0 aromatic carbocycles. The highest BCUT2D eigenvalue weighted by molar-refractivity contribution is 14.2. The fourth-order valence-electron chi connectivity index (χ4n) is 3.16. The van der Waals surface area contributed by atoms with Crippen LogP contribution in [-0.2, 0) is 4.57 Å². The topological polar surface area (TPSA) is 17.1 Å². The van der Waals surface area contributed by atoms with E-state index in [9.17, 15) is 4.57 Å². The largest absolute Gasteiger partial charge is 0.312 e. The van der Waals surface area contributed by atoms with Crippen LogP contribution in [0, 0.1) is 0 Å². The summed E-state index contributed by atoms with van der Waals surface area (Å²) < 4.78 is 12.9. The maximum atomic E-state index is 12.9. The first-order chi connectivity index (χ1) is 7.21. The normalized spacial score (nSPS) is 26.7. The lowest BCUT2D eigenvalue weighted by Gasteiger charge is -2.34. The molecule has 0 spiro atoms. The Labute approximate surface area is 107 Å². The van der Waals surface area contributed by atoms with Gasteiger partial charge in [-0.1, -0.05) is 38.5 Å². The molecule has 2 rings (SSSR count). The monoisotopic (exact) mass is 340 g/mol. The van der Waals surface area contributed by atoms with Crippen molar-refractivity contribution in [3.8, 4) is 0 Å². The Morgan fingerprint density at radius 2 is 1.07 bits per heavy atom. The Morgan fingerprint density at radius 1 is 0.733 bits per heavy atom. The molecule has 0 aliphatic heterocycles. The van der Waals surface area contributed by atoms with E-state index < -0.39 is 4.78 Å². The van der Waals surface area contributed by atoms with Crippen LogP contribution in [0.1, 0.15) is 64.2 Å². The van der Waals surface area contributed by atoms with Gasteiger partial charge in [-0.25, -0.2) is 0 Å². The molecule has 0 N–H and O–H groups in total. The summed E-state index contributed by atoms with van der Waals surface area (Å²) in [5.74, 6) is 0. The van der Waals surface area contributed by atoms with Crippen molar-refractivity contribution in [2.45, 2.75) is 75.5 Å². The molecule has 2 aliphatic rings. The van der Waals surface area contributed by atoms with Crippen LogP contribution in [0.3, 0.4) is 0 Å². The number of rotatable bonds is 2. The lowest BCUT2D eigenvalue weighted by atomic mass is 10.00. The fraction of sp³-hybridized carbons (Fsp3) is 1.00. The van der Waals surface area contributed by atoms with Gasteiger partial charge in [0.15, 0.2) is 0 Å². The van der Waals surface area contributed by atoms with Crippen LogP contribution in [-0.4, -0.2) is 11.3 Å². The molecule has 0 radical (unpaired) electrons. The molecule has 0 unspecified atom stereocenters. The predicted octanol–water partition coefficient (Wildman–Crippen LogP) is 5.36. The van der Waals surface area contributed by atoms with Crippen LogP contribution in [0.4, 0.5) is 0 Å². The average Bonchev–Trinajstić information content (AvgIpc) is 2.31. The van der Waals surface area contributed by atoms with E-state index in [0.717, 1.165) is 0 Å². The third-order valence-electron chi connectivity index (χ3n) is 4.15. The fourth-order valence-corrected chi connectivity index (χ4v) is 9.24. The zero-order chi connectivity index (χ0) is 10.7. The Kier molecular flexibility index (Phi) is 4.58. The number of halogens is 1. The van der Waals surface area contributed by atoms with Crippen LogP contribution in [0.25, 0.3) is 0 Å². The molecule has 2 saturated carbocycles. The molecule has 2 aliphatic carbocycles. The SMILES string of the molecule is O=P(I)(C1CCCCC1)C1CCCCC1. The number of hydrogen-bond donors (Lipinski definition) is 0. The third-order valence-corrected chi connectivity index (χ3v) is 11.9. The van der Waals surface area contributed by atoms with Gasteiger partial charge in [-0.3, -0.25) is 0 Å². The van der Waals surface area contributed by atoms with Crippen LogP contribution in [0.2, 0.25) is 0 Å². The third kappa shape index (κ3) is 3.00. The second kappa shape index (κ2) is 5.53. The highest BCUT2D eigenvalue weighted by Gasteiger charge is 2.38. The lowest BCUT2D eigenvalue weighted by molar-refractivity contribution is 0.458. The van der Waals surface area contributed by atoms with Gasteiger partial charge in [-0.05, 0) is 47.7 Å². The second-order valence-corrected chi connectivity index (χ2v) is 12.4. The standard InChI is InChI=1S/C12H22IOP/c13-15(14,11-7-3-1-4-8-11)12-9-5-2-6-10-12/h11-12H,1-10H2. The highest BCUT2D eigenvalue weighted by Crippen LogP contribution is 2.68.